The third-order valence-electron chi connectivity index (χ3n) is 6.49. The van der Waals surface area contributed by atoms with Crippen molar-refractivity contribution >= 4 is 22.9 Å². The second kappa shape index (κ2) is 5.63. The molecule has 2 bridgehead atoms. The number of anilines is 2. The first-order chi connectivity index (χ1) is 13.9. The maximum absolute atomic E-state index is 6.08. The first-order valence-corrected chi connectivity index (χ1v) is 10.2. The van der Waals surface area contributed by atoms with Crippen LogP contribution < -0.4 is 10.6 Å². The Kier molecular flexibility index (Phi) is 3.31. The van der Waals surface area contributed by atoms with Crippen LogP contribution in [0.5, 0.6) is 0 Å². The maximum Gasteiger partial charge on any atom is 0.219 e. The number of nitrogen functional groups attached to an aromatic ring is 1. The molecule has 0 radical (unpaired) electrons. The van der Waals surface area contributed by atoms with Crippen molar-refractivity contribution in [3.63, 3.8) is 0 Å². The third kappa shape index (κ3) is 2.40. The second-order valence-corrected chi connectivity index (χ2v) is 8.99. The molecule has 0 amide bonds. The van der Waals surface area contributed by atoms with Crippen LogP contribution in [-0.2, 0) is 10.3 Å². The van der Waals surface area contributed by atoms with Gasteiger partial charge in [-0.15, -0.1) is 0 Å². The molecule has 6 heterocycles. The van der Waals surface area contributed by atoms with Gasteiger partial charge in [0.2, 0.25) is 5.95 Å². The van der Waals surface area contributed by atoms with Crippen LogP contribution in [0.3, 0.4) is 0 Å². The summed E-state index contributed by atoms with van der Waals surface area (Å²) in [5.41, 5.74) is 7.67. The molecular weight excluding hydrogens is 368 g/mol. The molecule has 2 saturated heterocycles. The average molecular weight is 392 g/mol. The lowest BCUT2D eigenvalue weighted by Gasteiger charge is -2.34. The molecule has 4 aliphatic rings. The molecule has 3 fully saturated rings. The van der Waals surface area contributed by atoms with Gasteiger partial charge in [-0.1, -0.05) is 0 Å². The lowest BCUT2D eigenvalue weighted by molar-refractivity contribution is -0.0655. The largest absolute Gasteiger partial charge is 0.368 e. The van der Waals surface area contributed by atoms with Crippen LogP contribution in [0.1, 0.15) is 45.5 Å². The standard InChI is InChI=1S/C20H24N8O/c1-10-9-29-20(2,3)18-24-14-16(27-8-11-4-13(27)5-11)25-15(26-17(14)28(10)18)12-6-22-19(21)23-7-12/h6-7,10-11,13H,4-5,8-9H2,1-3H3,(H2,21,22,23)/t10-,11?,13?/m1/s1. The number of fused-ring (bicyclic) bond motifs is 4. The molecule has 0 spiro atoms. The molecule has 9 heteroatoms. The zero-order valence-electron chi connectivity index (χ0n) is 16.8. The number of ether oxygens (including phenoxy) is 1. The van der Waals surface area contributed by atoms with Gasteiger partial charge in [-0.2, -0.15) is 0 Å². The van der Waals surface area contributed by atoms with Gasteiger partial charge >= 0.3 is 0 Å². The number of hydrogen-bond donors (Lipinski definition) is 1. The summed E-state index contributed by atoms with van der Waals surface area (Å²) in [6.45, 7) is 7.92. The normalized spacial score (nSPS) is 27.1. The first kappa shape index (κ1) is 17.1. The number of nitrogens with zero attached hydrogens (tertiary/aromatic N) is 7. The van der Waals surface area contributed by atoms with Crippen molar-refractivity contribution in [1.82, 2.24) is 29.5 Å². The zero-order chi connectivity index (χ0) is 19.9. The molecule has 1 aliphatic carbocycles. The predicted molar refractivity (Wildman–Crippen MR) is 108 cm³/mol. The van der Waals surface area contributed by atoms with E-state index >= 15 is 0 Å². The Bertz CT molecular complexity index is 1120. The van der Waals surface area contributed by atoms with Gasteiger partial charge < -0.3 is 19.9 Å². The van der Waals surface area contributed by atoms with Crippen molar-refractivity contribution in [2.24, 2.45) is 5.92 Å². The molecule has 3 aliphatic heterocycles. The number of nitrogens with two attached hydrogens (primary N) is 1. The van der Waals surface area contributed by atoms with Crippen molar-refractivity contribution in [2.45, 2.75) is 51.3 Å². The van der Waals surface area contributed by atoms with Gasteiger partial charge in [0.05, 0.1) is 18.2 Å². The minimum Gasteiger partial charge on any atom is -0.368 e. The lowest BCUT2D eigenvalue weighted by atomic mass is 9.86. The van der Waals surface area contributed by atoms with Gasteiger partial charge in [-0.25, -0.2) is 24.9 Å². The molecule has 3 aromatic heterocycles. The predicted octanol–water partition coefficient (Wildman–Crippen LogP) is 2.29. The van der Waals surface area contributed by atoms with Gasteiger partial charge in [-0.3, -0.25) is 0 Å². The number of hydrogen-bond acceptors (Lipinski definition) is 8. The first-order valence-electron chi connectivity index (χ1n) is 10.2. The molecule has 2 N–H and O–H groups in total. The summed E-state index contributed by atoms with van der Waals surface area (Å²) in [6.07, 6.45) is 5.84. The SMILES string of the molecule is C[C@@H]1COC(C)(C)c2nc3c(N4CC5CC4C5)nc(-c4cnc(N)nc4)nc3n21. The van der Waals surface area contributed by atoms with Crippen LogP contribution in [0.15, 0.2) is 12.4 Å². The molecule has 1 saturated carbocycles. The fourth-order valence-electron chi connectivity index (χ4n) is 4.84. The summed E-state index contributed by atoms with van der Waals surface area (Å²) >= 11 is 0. The Morgan fingerprint density at radius 3 is 2.59 bits per heavy atom. The molecule has 7 rings (SSSR count). The summed E-state index contributed by atoms with van der Waals surface area (Å²) in [7, 11) is 0. The Balaban J connectivity index is 1.62. The summed E-state index contributed by atoms with van der Waals surface area (Å²) in [6, 6.07) is 0.697. The summed E-state index contributed by atoms with van der Waals surface area (Å²) in [5.74, 6) is 3.43. The Morgan fingerprint density at radius 1 is 1.14 bits per heavy atom. The Labute approximate surface area is 168 Å². The van der Waals surface area contributed by atoms with Gasteiger partial charge in [0.15, 0.2) is 22.8 Å². The summed E-state index contributed by atoms with van der Waals surface area (Å²) < 4.78 is 8.29. The van der Waals surface area contributed by atoms with E-state index < -0.39 is 5.60 Å². The average Bonchev–Trinajstić information content (AvgIpc) is 3.37. The van der Waals surface area contributed by atoms with E-state index in [9.17, 15) is 0 Å². The molecule has 1 atom stereocenters. The van der Waals surface area contributed by atoms with Crippen molar-refractivity contribution < 1.29 is 4.74 Å². The van der Waals surface area contributed by atoms with E-state index in [4.69, 9.17) is 25.4 Å². The zero-order valence-corrected chi connectivity index (χ0v) is 16.8. The van der Waals surface area contributed by atoms with Crippen molar-refractivity contribution in [3.05, 3.63) is 18.2 Å². The molecular formula is C20H24N8O. The fourth-order valence-corrected chi connectivity index (χ4v) is 4.84. The molecule has 0 aromatic carbocycles. The van der Waals surface area contributed by atoms with E-state index in [1.54, 1.807) is 12.4 Å². The fraction of sp³-hybridized carbons (Fsp3) is 0.550. The van der Waals surface area contributed by atoms with Crippen LogP contribution >= 0.6 is 0 Å². The highest BCUT2D eigenvalue weighted by atomic mass is 16.5. The van der Waals surface area contributed by atoms with E-state index in [0.29, 0.717) is 18.5 Å². The number of rotatable bonds is 2. The van der Waals surface area contributed by atoms with Crippen molar-refractivity contribution in [1.29, 1.82) is 0 Å². The van der Waals surface area contributed by atoms with Crippen LogP contribution in [0.25, 0.3) is 22.6 Å². The lowest BCUT2D eigenvalue weighted by Crippen LogP contribution is -2.35. The van der Waals surface area contributed by atoms with Gasteiger partial charge in [0, 0.05) is 25.0 Å². The monoisotopic (exact) mass is 392 g/mol. The number of imidazole rings is 1. The smallest absolute Gasteiger partial charge is 0.219 e. The highest BCUT2D eigenvalue weighted by Gasteiger charge is 2.45. The van der Waals surface area contributed by atoms with E-state index in [2.05, 4.69) is 40.2 Å². The summed E-state index contributed by atoms with van der Waals surface area (Å²) in [4.78, 5) is 25.6. The molecule has 3 aromatic rings. The van der Waals surface area contributed by atoms with Crippen molar-refractivity contribution in [2.75, 3.05) is 23.8 Å². The van der Waals surface area contributed by atoms with Crippen LogP contribution in [0.4, 0.5) is 11.8 Å². The van der Waals surface area contributed by atoms with E-state index in [1.807, 2.05) is 0 Å². The quantitative estimate of drug-likeness (QED) is 0.708. The highest BCUT2D eigenvalue weighted by molar-refractivity contribution is 5.87. The minimum atomic E-state index is -0.470. The summed E-state index contributed by atoms with van der Waals surface area (Å²) in [5, 5.41) is 0. The molecule has 0 unspecified atom stereocenters. The van der Waals surface area contributed by atoms with Crippen molar-refractivity contribution in [3.8, 4) is 11.4 Å². The minimum absolute atomic E-state index is 0.147. The second-order valence-electron chi connectivity index (χ2n) is 8.99. The van der Waals surface area contributed by atoms with Crippen LogP contribution in [0.2, 0.25) is 0 Å². The Hall–Kier alpha value is -2.81. The molecule has 9 nitrogen and oxygen atoms in total. The van der Waals surface area contributed by atoms with E-state index in [1.165, 1.54) is 12.8 Å². The van der Waals surface area contributed by atoms with Gasteiger partial charge in [-0.05, 0) is 39.5 Å². The Morgan fingerprint density at radius 2 is 1.90 bits per heavy atom. The van der Waals surface area contributed by atoms with Gasteiger partial charge in [0.25, 0.3) is 0 Å². The van der Waals surface area contributed by atoms with Crippen LogP contribution in [0, 0.1) is 5.92 Å². The topological polar surface area (TPSA) is 108 Å². The van der Waals surface area contributed by atoms with E-state index in [0.717, 1.165) is 40.8 Å². The van der Waals surface area contributed by atoms with E-state index in [-0.39, 0.29) is 12.0 Å². The maximum atomic E-state index is 6.08. The number of aromatic nitrogens is 6. The highest BCUT2D eigenvalue weighted by Crippen LogP contribution is 2.45. The third-order valence-corrected chi connectivity index (χ3v) is 6.49. The van der Waals surface area contributed by atoms with Crippen LogP contribution in [-0.4, -0.2) is 48.7 Å². The molecule has 29 heavy (non-hydrogen) atoms. The van der Waals surface area contributed by atoms with Gasteiger partial charge in [0.1, 0.15) is 11.4 Å². The molecule has 150 valence electrons.